The van der Waals surface area contributed by atoms with Crippen molar-refractivity contribution in [3.05, 3.63) is 34.7 Å². The molecule has 0 aliphatic heterocycles. The maximum absolute atomic E-state index is 12.3. The Kier molecular flexibility index (Phi) is 3.60. The third kappa shape index (κ3) is 2.68. The number of rotatable bonds is 4. The Hall–Kier alpha value is -2.97. The third-order valence-electron chi connectivity index (χ3n) is 3.89. The van der Waals surface area contributed by atoms with E-state index in [9.17, 15) is 4.79 Å². The predicted octanol–water partition coefficient (Wildman–Crippen LogP) is 1.83. The second-order valence-electron chi connectivity index (χ2n) is 5.66. The van der Waals surface area contributed by atoms with E-state index in [-0.39, 0.29) is 24.1 Å². The van der Waals surface area contributed by atoms with Crippen LogP contribution >= 0.6 is 0 Å². The first-order valence-electron chi connectivity index (χ1n) is 7.72. The highest BCUT2D eigenvalue weighted by molar-refractivity contribution is 5.92. The van der Waals surface area contributed by atoms with Crippen LogP contribution in [0.2, 0.25) is 0 Å². The van der Waals surface area contributed by atoms with E-state index in [0.29, 0.717) is 17.3 Å². The summed E-state index contributed by atoms with van der Waals surface area (Å²) in [6.45, 7) is 1.87. The van der Waals surface area contributed by atoms with Crippen LogP contribution in [0.25, 0.3) is 11.5 Å². The SMILES string of the molecule is Cc1cc(-c2noc(CNC(=O)c3onc4c3CCCC4)n2)no1. The molecule has 0 saturated carbocycles. The average Bonchev–Trinajstić information content (AvgIpc) is 3.31. The number of aromatic nitrogens is 4. The van der Waals surface area contributed by atoms with Crippen molar-refractivity contribution in [2.24, 2.45) is 0 Å². The minimum atomic E-state index is -0.331. The number of hydrogen-bond acceptors (Lipinski definition) is 8. The Morgan fingerprint density at radius 2 is 2.04 bits per heavy atom. The zero-order chi connectivity index (χ0) is 16.5. The van der Waals surface area contributed by atoms with Gasteiger partial charge in [0, 0.05) is 11.6 Å². The van der Waals surface area contributed by atoms with Crippen molar-refractivity contribution in [2.75, 3.05) is 0 Å². The van der Waals surface area contributed by atoms with Gasteiger partial charge in [0.1, 0.15) is 5.76 Å². The van der Waals surface area contributed by atoms with Crippen LogP contribution in [0.3, 0.4) is 0 Å². The van der Waals surface area contributed by atoms with Gasteiger partial charge in [-0.2, -0.15) is 4.98 Å². The molecule has 3 aromatic heterocycles. The molecule has 3 heterocycles. The van der Waals surface area contributed by atoms with Gasteiger partial charge >= 0.3 is 0 Å². The first kappa shape index (κ1) is 14.6. The maximum Gasteiger partial charge on any atom is 0.290 e. The van der Waals surface area contributed by atoms with Gasteiger partial charge in [-0.05, 0) is 32.6 Å². The standard InChI is InChI=1S/C15H15N5O4/c1-8-6-11(19-22-8)14-17-12(23-20-14)7-16-15(21)13-9-4-2-3-5-10(9)18-24-13/h6H,2-5,7H2,1H3,(H,16,21). The topological polar surface area (TPSA) is 120 Å². The molecule has 0 aromatic carbocycles. The number of nitrogens with one attached hydrogen (secondary N) is 1. The number of nitrogens with zero attached hydrogens (tertiary/aromatic N) is 4. The van der Waals surface area contributed by atoms with Crippen molar-refractivity contribution in [3.8, 4) is 11.5 Å². The molecule has 0 radical (unpaired) electrons. The normalized spacial score (nSPS) is 13.7. The zero-order valence-corrected chi connectivity index (χ0v) is 13.0. The van der Waals surface area contributed by atoms with E-state index in [1.54, 1.807) is 13.0 Å². The fourth-order valence-corrected chi connectivity index (χ4v) is 2.71. The summed E-state index contributed by atoms with van der Waals surface area (Å²) >= 11 is 0. The van der Waals surface area contributed by atoms with Gasteiger partial charge in [0.25, 0.3) is 5.91 Å². The summed E-state index contributed by atoms with van der Waals surface area (Å²) in [5, 5.41) is 14.3. The van der Waals surface area contributed by atoms with Gasteiger partial charge < -0.3 is 18.9 Å². The largest absolute Gasteiger partial charge is 0.361 e. The Labute approximate surface area is 136 Å². The Morgan fingerprint density at radius 1 is 1.17 bits per heavy atom. The molecule has 0 unspecified atom stereocenters. The summed E-state index contributed by atoms with van der Waals surface area (Å²) in [4.78, 5) is 16.4. The van der Waals surface area contributed by atoms with Crippen molar-refractivity contribution >= 4 is 5.91 Å². The van der Waals surface area contributed by atoms with Gasteiger partial charge in [0.15, 0.2) is 5.69 Å². The number of carbonyl (C=O) groups excluding carboxylic acids is 1. The summed E-state index contributed by atoms with van der Waals surface area (Å²) in [7, 11) is 0. The van der Waals surface area contributed by atoms with Crippen LogP contribution in [0.1, 0.15) is 46.3 Å². The highest BCUT2D eigenvalue weighted by atomic mass is 16.5. The summed E-state index contributed by atoms with van der Waals surface area (Å²) in [5.74, 6) is 1.18. The molecular formula is C15H15N5O4. The molecule has 4 rings (SSSR count). The van der Waals surface area contributed by atoms with E-state index in [2.05, 4.69) is 25.8 Å². The first-order chi connectivity index (χ1) is 11.7. The van der Waals surface area contributed by atoms with E-state index < -0.39 is 0 Å². The lowest BCUT2D eigenvalue weighted by atomic mass is 9.96. The second-order valence-corrected chi connectivity index (χ2v) is 5.66. The Morgan fingerprint density at radius 3 is 2.88 bits per heavy atom. The molecule has 1 N–H and O–H groups in total. The smallest absolute Gasteiger partial charge is 0.290 e. The van der Waals surface area contributed by atoms with Crippen molar-refractivity contribution < 1.29 is 18.4 Å². The molecular weight excluding hydrogens is 314 g/mol. The fourth-order valence-electron chi connectivity index (χ4n) is 2.71. The Balaban J connectivity index is 1.43. The summed E-state index contributed by atoms with van der Waals surface area (Å²) in [5.41, 5.74) is 2.27. The highest BCUT2D eigenvalue weighted by Gasteiger charge is 2.24. The minimum absolute atomic E-state index is 0.0954. The van der Waals surface area contributed by atoms with Gasteiger partial charge in [-0.3, -0.25) is 4.79 Å². The van der Waals surface area contributed by atoms with Crippen LogP contribution in [0, 0.1) is 6.92 Å². The van der Waals surface area contributed by atoms with Crippen LogP contribution in [-0.2, 0) is 19.4 Å². The maximum atomic E-state index is 12.3. The van der Waals surface area contributed by atoms with E-state index in [4.69, 9.17) is 13.6 Å². The van der Waals surface area contributed by atoms with Gasteiger partial charge in [0.05, 0.1) is 12.2 Å². The lowest BCUT2D eigenvalue weighted by molar-refractivity contribution is 0.0908. The van der Waals surface area contributed by atoms with Crippen molar-refractivity contribution in [1.29, 1.82) is 0 Å². The van der Waals surface area contributed by atoms with Gasteiger partial charge in [-0.25, -0.2) is 0 Å². The van der Waals surface area contributed by atoms with Crippen LogP contribution in [0.5, 0.6) is 0 Å². The van der Waals surface area contributed by atoms with Crippen LogP contribution in [0.4, 0.5) is 0 Å². The zero-order valence-electron chi connectivity index (χ0n) is 13.0. The molecule has 1 amide bonds. The van der Waals surface area contributed by atoms with Crippen molar-refractivity contribution in [2.45, 2.75) is 39.2 Å². The number of amides is 1. The lowest BCUT2D eigenvalue weighted by Gasteiger charge is -2.08. The second kappa shape index (κ2) is 5.91. The predicted molar refractivity (Wildman–Crippen MR) is 78.8 cm³/mol. The number of hydrogen-bond donors (Lipinski definition) is 1. The molecule has 1 aliphatic carbocycles. The monoisotopic (exact) mass is 329 g/mol. The number of aryl methyl sites for hydroxylation is 2. The summed E-state index contributed by atoms with van der Waals surface area (Å²) in [6, 6.07) is 1.70. The van der Waals surface area contributed by atoms with E-state index >= 15 is 0 Å². The fraction of sp³-hybridized carbons (Fsp3) is 0.400. The average molecular weight is 329 g/mol. The lowest BCUT2D eigenvalue weighted by Crippen LogP contribution is -2.24. The van der Waals surface area contributed by atoms with Crippen molar-refractivity contribution in [1.82, 2.24) is 25.8 Å². The number of fused-ring (bicyclic) bond motifs is 1. The van der Waals surface area contributed by atoms with Crippen LogP contribution < -0.4 is 5.32 Å². The third-order valence-corrected chi connectivity index (χ3v) is 3.89. The highest BCUT2D eigenvalue weighted by Crippen LogP contribution is 2.23. The van der Waals surface area contributed by atoms with E-state index in [0.717, 1.165) is 36.9 Å². The van der Waals surface area contributed by atoms with Crippen LogP contribution in [-0.4, -0.2) is 26.4 Å². The molecule has 3 aromatic rings. The van der Waals surface area contributed by atoms with Crippen molar-refractivity contribution in [3.63, 3.8) is 0 Å². The molecule has 0 bridgehead atoms. The molecule has 0 atom stereocenters. The summed E-state index contributed by atoms with van der Waals surface area (Å²) < 4.78 is 15.3. The molecule has 9 heteroatoms. The molecule has 0 fully saturated rings. The minimum Gasteiger partial charge on any atom is -0.361 e. The van der Waals surface area contributed by atoms with Crippen LogP contribution in [0.15, 0.2) is 19.6 Å². The summed E-state index contributed by atoms with van der Waals surface area (Å²) in [6.07, 6.45) is 3.79. The molecule has 124 valence electrons. The Bertz CT molecular complexity index is 878. The van der Waals surface area contributed by atoms with Gasteiger partial charge in [-0.15, -0.1) is 0 Å². The van der Waals surface area contributed by atoms with Gasteiger partial charge in [-0.1, -0.05) is 15.5 Å². The van der Waals surface area contributed by atoms with Gasteiger partial charge in [0.2, 0.25) is 17.5 Å². The molecule has 1 aliphatic rings. The molecule has 0 saturated heterocycles. The molecule has 0 spiro atoms. The first-order valence-corrected chi connectivity index (χ1v) is 7.72. The molecule has 24 heavy (non-hydrogen) atoms. The number of carbonyl (C=O) groups is 1. The molecule has 9 nitrogen and oxygen atoms in total. The van der Waals surface area contributed by atoms with E-state index in [1.807, 2.05) is 0 Å². The van der Waals surface area contributed by atoms with E-state index in [1.165, 1.54) is 0 Å². The quantitative estimate of drug-likeness (QED) is 0.769.